The van der Waals surface area contributed by atoms with Crippen LogP contribution in [-0.2, 0) is 4.74 Å². The van der Waals surface area contributed by atoms with E-state index in [2.05, 4.69) is 36.8 Å². The second kappa shape index (κ2) is 10.7. The van der Waals surface area contributed by atoms with Crippen LogP contribution in [0.5, 0.6) is 0 Å². The third-order valence-corrected chi connectivity index (χ3v) is 6.92. The first-order chi connectivity index (χ1) is 17.5. The Balaban J connectivity index is 1.33. The van der Waals surface area contributed by atoms with E-state index in [1.54, 1.807) is 18.3 Å². The lowest BCUT2D eigenvalue weighted by Gasteiger charge is -2.26. The third-order valence-electron chi connectivity index (χ3n) is 6.92. The Bertz CT molecular complexity index is 1210. The molecule has 9 nitrogen and oxygen atoms in total. The van der Waals surface area contributed by atoms with Gasteiger partial charge in [0, 0.05) is 50.1 Å². The first-order valence-corrected chi connectivity index (χ1v) is 12.5. The molecule has 36 heavy (non-hydrogen) atoms. The quantitative estimate of drug-likeness (QED) is 0.580. The third kappa shape index (κ3) is 5.24. The molecule has 0 saturated carbocycles. The first-order valence-electron chi connectivity index (χ1n) is 12.5. The second-order valence-corrected chi connectivity index (χ2v) is 9.45. The Hall–Kier alpha value is -3.37. The van der Waals surface area contributed by atoms with Gasteiger partial charge in [0.05, 0.1) is 18.1 Å². The normalized spacial score (nSPS) is 17.7. The Morgan fingerprint density at radius 2 is 1.83 bits per heavy atom. The van der Waals surface area contributed by atoms with E-state index in [0.29, 0.717) is 30.2 Å². The zero-order valence-electron chi connectivity index (χ0n) is 20.8. The number of aromatic nitrogens is 4. The SMILES string of the molecule is Cc1ncc(-c2nc(Nc3ccc(C(=O)N4CCCN(C)CC4)cc3)ncc2F)n1C1CCOCC1. The van der Waals surface area contributed by atoms with E-state index >= 15 is 0 Å². The van der Waals surface area contributed by atoms with Crippen LogP contribution in [0, 0.1) is 12.7 Å². The fourth-order valence-corrected chi connectivity index (χ4v) is 4.90. The van der Waals surface area contributed by atoms with Crippen LogP contribution in [0.2, 0.25) is 0 Å². The number of imidazole rings is 1. The number of ether oxygens (including phenoxy) is 1. The number of amides is 1. The molecule has 0 radical (unpaired) electrons. The van der Waals surface area contributed by atoms with Gasteiger partial charge in [-0.1, -0.05) is 0 Å². The van der Waals surface area contributed by atoms with Gasteiger partial charge in [-0.2, -0.15) is 0 Å². The minimum atomic E-state index is -0.502. The smallest absolute Gasteiger partial charge is 0.253 e. The van der Waals surface area contributed by atoms with Crippen LogP contribution in [0.15, 0.2) is 36.7 Å². The molecule has 1 aromatic carbocycles. The monoisotopic (exact) mass is 493 g/mol. The molecule has 4 heterocycles. The number of nitrogens with zero attached hydrogens (tertiary/aromatic N) is 6. The van der Waals surface area contributed by atoms with E-state index in [-0.39, 0.29) is 23.6 Å². The number of rotatable bonds is 5. The van der Waals surface area contributed by atoms with E-state index in [9.17, 15) is 9.18 Å². The van der Waals surface area contributed by atoms with Gasteiger partial charge in [0.25, 0.3) is 5.91 Å². The van der Waals surface area contributed by atoms with Crippen molar-refractivity contribution in [2.45, 2.75) is 32.2 Å². The molecule has 0 atom stereocenters. The lowest BCUT2D eigenvalue weighted by molar-refractivity contribution is 0.0694. The van der Waals surface area contributed by atoms with Crippen molar-refractivity contribution in [2.24, 2.45) is 0 Å². The Morgan fingerprint density at radius 3 is 2.61 bits per heavy atom. The molecule has 2 aromatic heterocycles. The lowest BCUT2D eigenvalue weighted by Crippen LogP contribution is -2.34. The highest BCUT2D eigenvalue weighted by Crippen LogP contribution is 2.31. The summed E-state index contributed by atoms with van der Waals surface area (Å²) in [5.41, 5.74) is 2.19. The van der Waals surface area contributed by atoms with Crippen LogP contribution in [0.4, 0.5) is 16.0 Å². The molecule has 1 amide bonds. The van der Waals surface area contributed by atoms with Crippen molar-refractivity contribution in [1.82, 2.24) is 29.3 Å². The molecule has 0 aliphatic carbocycles. The average molecular weight is 494 g/mol. The van der Waals surface area contributed by atoms with E-state index < -0.39 is 5.82 Å². The number of likely N-dealkylation sites (N-methyl/N-ethyl adjacent to an activating group) is 1. The molecule has 2 aliphatic heterocycles. The van der Waals surface area contributed by atoms with Crippen molar-refractivity contribution in [3.05, 3.63) is 53.9 Å². The van der Waals surface area contributed by atoms with Crippen molar-refractivity contribution >= 4 is 17.5 Å². The van der Waals surface area contributed by atoms with Crippen LogP contribution in [0.1, 0.15) is 41.5 Å². The molecule has 2 saturated heterocycles. The summed E-state index contributed by atoms with van der Waals surface area (Å²) in [6.45, 7) is 6.64. The van der Waals surface area contributed by atoms with Gasteiger partial charge in [-0.25, -0.2) is 19.3 Å². The highest BCUT2D eigenvalue weighted by molar-refractivity contribution is 5.94. The van der Waals surface area contributed by atoms with Crippen LogP contribution >= 0.6 is 0 Å². The number of anilines is 2. The molecule has 0 bridgehead atoms. The van der Waals surface area contributed by atoms with Gasteiger partial charge in [0.1, 0.15) is 11.5 Å². The van der Waals surface area contributed by atoms with Gasteiger partial charge in [-0.05, 0) is 64.0 Å². The van der Waals surface area contributed by atoms with Gasteiger partial charge in [0.2, 0.25) is 5.95 Å². The second-order valence-electron chi connectivity index (χ2n) is 9.45. The van der Waals surface area contributed by atoms with Gasteiger partial charge in [0.15, 0.2) is 5.82 Å². The number of carbonyl (C=O) groups excluding carboxylic acids is 1. The molecule has 10 heteroatoms. The maximum atomic E-state index is 14.9. The predicted molar refractivity (Wildman–Crippen MR) is 135 cm³/mol. The van der Waals surface area contributed by atoms with Crippen LogP contribution in [0.25, 0.3) is 11.4 Å². The number of carbonyl (C=O) groups is 1. The van der Waals surface area contributed by atoms with Gasteiger partial charge in [-0.15, -0.1) is 0 Å². The topological polar surface area (TPSA) is 88.4 Å². The summed E-state index contributed by atoms with van der Waals surface area (Å²) in [6, 6.07) is 7.43. The highest BCUT2D eigenvalue weighted by atomic mass is 19.1. The Morgan fingerprint density at radius 1 is 1.06 bits per heavy atom. The van der Waals surface area contributed by atoms with E-state index in [1.807, 2.05) is 24.0 Å². The number of hydrogen-bond donors (Lipinski definition) is 1. The van der Waals surface area contributed by atoms with Gasteiger partial charge in [-0.3, -0.25) is 4.79 Å². The summed E-state index contributed by atoms with van der Waals surface area (Å²) in [5, 5.41) is 3.14. The minimum absolute atomic E-state index is 0.0360. The van der Waals surface area contributed by atoms with Gasteiger partial charge < -0.3 is 24.4 Å². The maximum absolute atomic E-state index is 14.9. The molecule has 190 valence electrons. The molecular formula is C26H32FN7O2. The molecule has 1 N–H and O–H groups in total. The van der Waals surface area contributed by atoms with Crippen LogP contribution in [-0.4, -0.2) is 81.7 Å². The number of hydrogen-bond acceptors (Lipinski definition) is 7. The standard InChI is InChI=1S/C26H32FN7O2/c1-18-28-17-23(34(18)21-8-14-36-15-9-21)24-22(27)16-29-26(31-24)30-20-6-4-19(5-7-20)25(35)33-11-3-10-32(2)12-13-33/h4-7,16-17,21H,3,8-15H2,1-2H3,(H,29,30,31). The van der Waals surface area contributed by atoms with Crippen molar-refractivity contribution in [3.63, 3.8) is 0 Å². The number of nitrogens with one attached hydrogen (secondary N) is 1. The van der Waals surface area contributed by atoms with E-state index in [1.165, 1.54) is 6.20 Å². The Kier molecular flexibility index (Phi) is 7.24. The summed E-state index contributed by atoms with van der Waals surface area (Å²) in [7, 11) is 2.08. The van der Waals surface area contributed by atoms with Crippen molar-refractivity contribution in [3.8, 4) is 11.4 Å². The summed E-state index contributed by atoms with van der Waals surface area (Å²) < 4.78 is 22.4. The number of halogens is 1. The molecule has 0 spiro atoms. The molecule has 0 unspecified atom stereocenters. The van der Waals surface area contributed by atoms with Crippen LogP contribution in [0.3, 0.4) is 0 Å². The fraction of sp³-hybridized carbons (Fsp3) is 0.462. The molecular weight excluding hydrogens is 461 g/mol. The zero-order chi connectivity index (χ0) is 25.1. The minimum Gasteiger partial charge on any atom is -0.381 e. The Labute approximate surface area is 210 Å². The van der Waals surface area contributed by atoms with Crippen molar-refractivity contribution in [1.29, 1.82) is 0 Å². The average Bonchev–Trinajstić information content (AvgIpc) is 3.14. The van der Waals surface area contributed by atoms with Crippen molar-refractivity contribution in [2.75, 3.05) is 51.8 Å². The lowest BCUT2D eigenvalue weighted by atomic mass is 10.1. The molecule has 3 aromatic rings. The first kappa shape index (κ1) is 24.3. The summed E-state index contributed by atoms with van der Waals surface area (Å²) in [5.74, 6) is 0.630. The van der Waals surface area contributed by atoms with Crippen LogP contribution < -0.4 is 5.32 Å². The summed E-state index contributed by atoms with van der Waals surface area (Å²) in [4.78, 5) is 30.1. The van der Waals surface area contributed by atoms with Gasteiger partial charge >= 0.3 is 0 Å². The number of aryl methyl sites for hydroxylation is 1. The molecule has 2 aliphatic rings. The fourth-order valence-electron chi connectivity index (χ4n) is 4.90. The van der Waals surface area contributed by atoms with E-state index in [0.717, 1.165) is 51.3 Å². The van der Waals surface area contributed by atoms with Crippen molar-refractivity contribution < 1.29 is 13.9 Å². The largest absolute Gasteiger partial charge is 0.381 e. The zero-order valence-corrected chi connectivity index (χ0v) is 20.8. The summed E-state index contributed by atoms with van der Waals surface area (Å²) in [6.07, 6.45) is 5.51. The molecule has 5 rings (SSSR count). The highest BCUT2D eigenvalue weighted by Gasteiger charge is 2.24. The number of benzene rings is 1. The van der Waals surface area contributed by atoms with E-state index in [4.69, 9.17) is 4.74 Å². The predicted octanol–water partition coefficient (Wildman–Crippen LogP) is 3.66. The molecule has 2 fully saturated rings. The maximum Gasteiger partial charge on any atom is 0.253 e. The summed E-state index contributed by atoms with van der Waals surface area (Å²) >= 11 is 0.